The number of Topliss-reactive ketones (excluding diaryl/α,β-unsaturated/α-hetero) is 1. The summed E-state index contributed by atoms with van der Waals surface area (Å²) in [5.41, 5.74) is 4.71. The Hall–Kier alpha value is -3.28. The smallest absolute Gasteiger partial charge is 0.204 e. The molecule has 2 aromatic carbocycles. The monoisotopic (exact) mass is 499 g/mol. The van der Waals surface area contributed by atoms with Gasteiger partial charge in [0.05, 0.1) is 25.0 Å². The maximum Gasteiger partial charge on any atom is 0.204 e. The average molecular weight is 500 g/mol. The molecule has 0 radical (unpaired) electrons. The highest BCUT2D eigenvalue weighted by Gasteiger charge is 2.29. The molecule has 0 bridgehead atoms. The minimum atomic E-state index is -0.289. The van der Waals surface area contributed by atoms with Crippen LogP contribution < -0.4 is 0 Å². The van der Waals surface area contributed by atoms with Crippen molar-refractivity contribution < 1.29 is 19.7 Å². The van der Waals surface area contributed by atoms with Crippen LogP contribution >= 0.6 is 0 Å². The average Bonchev–Trinajstić information content (AvgIpc) is 2.90. The van der Waals surface area contributed by atoms with Gasteiger partial charge in [-0.15, -0.1) is 0 Å². The molecular formula is C30H33N3O4. The normalized spacial score (nSPS) is 19.9. The number of hydrogen-bond acceptors (Lipinski definition) is 7. The van der Waals surface area contributed by atoms with Crippen molar-refractivity contribution in [3.05, 3.63) is 82.2 Å². The highest BCUT2D eigenvalue weighted by atomic mass is 16.5. The summed E-state index contributed by atoms with van der Waals surface area (Å²) >= 11 is 0. The molecule has 3 aliphatic heterocycles. The molecule has 1 atom stereocenters. The summed E-state index contributed by atoms with van der Waals surface area (Å²) in [6, 6.07) is 16.6. The van der Waals surface area contributed by atoms with Gasteiger partial charge in [0, 0.05) is 75.4 Å². The molecule has 3 aliphatic rings. The third kappa shape index (κ3) is 6.73. The molecular weight excluding hydrogens is 466 g/mol. The fraction of sp³-hybridized carbons (Fsp3) is 0.400. The molecule has 0 unspecified atom stereocenters. The number of aliphatic hydroxyl groups is 2. The fourth-order valence-electron chi connectivity index (χ4n) is 4.93. The van der Waals surface area contributed by atoms with Crippen LogP contribution in [0.15, 0.2) is 65.0 Å². The van der Waals surface area contributed by atoms with Crippen molar-refractivity contribution in [1.29, 1.82) is 0 Å². The van der Waals surface area contributed by atoms with E-state index in [1.807, 2.05) is 12.1 Å². The molecule has 0 aliphatic carbocycles. The van der Waals surface area contributed by atoms with Crippen molar-refractivity contribution in [2.45, 2.75) is 31.4 Å². The van der Waals surface area contributed by atoms with Crippen molar-refractivity contribution in [1.82, 2.24) is 9.80 Å². The minimum absolute atomic E-state index is 0.0359. The van der Waals surface area contributed by atoms with Crippen molar-refractivity contribution >= 4 is 12.0 Å². The van der Waals surface area contributed by atoms with E-state index in [1.165, 1.54) is 5.56 Å². The number of hydrogen-bond donors (Lipinski definition) is 2. The Bertz CT molecular complexity index is 1210. The first kappa shape index (κ1) is 25.4. The number of ketones is 1. The molecule has 3 heterocycles. The molecule has 192 valence electrons. The Morgan fingerprint density at radius 1 is 0.973 bits per heavy atom. The van der Waals surface area contributed by atoms with Crippen LogP contribution in [0.25, 0.3) is 0 Å². The second-order valence-corrected chi connectivity index (χ2v) is 9.97. The maximum absolute atomic E-state index is 11.9. The largest absolute Gasteiger partial charge is 0.503 e. The Kier molecular flexibility index (Phi) is 8.12. The van der Waals surface area contributed by atoms with Crippen LogP contribution in [0.1, 0.15) is 41.0 Å². The number of benzene rings is 2. The first-order valence-electron chi connectivity index (χ1n) is 12.9. The van der Waals surface area contributed by atoms with E-state index in [0.29, 0.717) is 25.2 Å². The second kappa shape index (κ2) is 11.8. The van der Waals surface area contributed by atoms with E-state index >= 15 is 0 Å². The van der Waals surface area contributed by atoms with Gasteiger partial charge in [-0.3, -0.25) is 19.6 Å². The summed E-state index contributed by atoms with van der Waals surface area (Å²) in [6.45, 7) is 6.49. The third-order valence-electron chi connectivity index (χ3n) is 7.11. The summed E-state index contributed by atoms with van der Waals surface area (Å²) in [5, 5.41) is 19.9. The molecule has 7 nitrogen and oxygen atoms in total. The van der Waals surface area contributed by atoms with E-state index < -0.39 is 0 Å². The molecule has 2 fully saturated rings. The third-order valence-corrected chi connectivity index (χ3v) is 7.11. The number of allylic oxidation sites excluding steroid dienone is 2. The number of ether oxygens (including phenoxy) is 1. The highest BCUT2D eigenvalue weighted by Crippen LogP contribution is 2.30. The van der Waals surface area contributed by atoms with Gasteiger partial charge < -0.3 is 14.9 Å². The van der Waals surface area contributed by atoms with Gasteiger partial charge in [0.15, 0.2) is 5.76 Å². The summed E-state index contributed by atoms with van der Waals surface area (Å²) in [6.07, 6.45) is 1.88. The topological polar surface area (TPSA) is 85.6 Å². The summed E-state index contributed by atoms with van der Waals surface area (Å²) < 4.78 is 5.42. The lowest BCUT2D eigenvalue weighted by molar-refractivity contribution is -0.117. The molecule has 7 heteroatoms. The van der Waals surface area contributed by atoms with Crippen molar-refractivity contribution in [3.63, 3.8) is 0 Å². The van der Waals surface area contributed by atoms with Gasteiger partial charge in [0.1, 0.15) is 0 Å². The Morgan fingerprint density at radius 3 is 2.27 bits per heavy atom. The molecule has 0 saturated carbocycles. The van der Waals surface area contributed by atoms with Crippen LogP contribution in [0.4, 0.5) is 0 Å². The molecule has 0 amide bonds. The van der Waals surface area contributed by atoms with Crippen LogP contribution in [-0.4, -0.2) is 84.1 Å². The van der Waals surface area contributed by atoms with E-state index in [2.05, 4.69) is 63.0 Å². The zero-order valence-electron chi connectivity index (χ0n) is 21.0. The molecule has 2 aromatic rings. The Balaban J connectivity index is 1.25. The van der Waals surface area contributed by atoms with Gasteiger partial charge in [-0.25, -0.2) is 0 Å². The predicted octanol–water partition coefficient (Wildman–Crippen LogP) is 2.88. The number of β-amino-alcohol motifs (C(OH)–C–C–N with tert-alkyl or cyclic N) is 1. The van der Waals surface area contributed by atoms with Crippen LogP contribution in [0.2, 0.25) is 0 Å². The first-order chi connectivity index (χ1) is 18.0. The molecule has 5 rings (SSSR count). The Labute approximate surface area is 218 Å². The molecule has 2 saturated heterocycles. The van der Waals surface area contributed by atoms with E-state index in [0.717, 1.165) is 56.1 Å². The highest BCUT2D eigenvalue weighted by molar-refractivity contribution is 6.03. The SMILES string of the molecule is O=C1CC=NC(C[C@@H](CN2CC(O)C2)c2ccc(C#Cc3ccc(CN4CCOCC4)cc3)cc2)=C1O. The van der Waals surface area contributed by atoms with E-state index in [1.54, 1.807) is 6.21 Å². The predicted molar refractivity (Wildman–Crippen MR) is 143 cm³/mol. The number of likely N-dealkylation sites (tertiary alicyclic amines) is 1. The lowest BCUT2D eigenvalue weighted by Crippen LogP contribution is -2.51. The Morgan fingerprint density at radius 2 is 1.62 bits per heavy atom. The number of aliphatic imine (C=N–C) groups is 1. The zero-order valence-corrected chi connectivity index (χ0v) is 21.0. The number of rotatable bonds is 7. The number of carbonyl (C=O) groups is 1. The lowest BCUT2D eigenvalue weighted by Gasteiger charge is -2.38. The molecule has 0 aromatic heterocycles. The lowest BCUT2D eigenvalue weighted by atomic mass is 9.90. The first-order valence-corrected chi connectivity index (χ1v) is 12.9. The minimum Gasteiger partial charge on any atom is -0.503 e. The summed E-state index contributed by atoms with van der Waals surface area (Å²) in [4.78, 5) is 20.8. The zero-order chi connectivity index (χ0) is 25.6. The van der Waals surface area contributed by atoms with E-state index in [4.69, 9.17) is 4.74 Å². The van der Waals surface area contributed by atoms with Crippen LogP contribution in [0.5, 0.6) is 0 Å². The molecule has 2 N–H and O–H groups in total. The molecule has 0 spiro atoms. The van der Waals surface area contributed by atoms with Crippen LogP contribution in [0.3, 0.4) is 0 Å². The van der Waals surface area contributed by atoms with Crippen molar-refractivity contribution in [2.24, 2.45) is 4.99 Å². The van der Waals surface area contributed by atoms with Gasteiger partial charge in [-0.1, -0.05) is 36.1 Å². The standard InChI is InChI=1S/C30H33N3O4/c34-27-20-33(21-27)19-26(17-28-30(36)29(35)11-12-31-28)25-9-7-23(8-10-25)2-1-22-3-5-24(6-4-22)18-32-13-15-37-16-14-32/h3-10,12,26-27,34,36H,11,13-21H2/t26-/m0/s1. The second-order valence-electron chi connectivity index (χ2n) is 9.97. The number of nitrogens with zero attached hydrogens (tertiary/aromatic N) is 3. The van der Waals surface area contributed by atoms with Gasteiger partial charge in [-0.05, 0) is 35.4 Å². The van der Waals surface area contributed by atoms with Gasteiger partial charge >= 0.3 is 0 Å². The van der Waals surface area contributed by atoms with Crippen LogP contribution in [0, 0.1) is 11.8 Å². The summed E-state index contributed by atoms with van der Waals surface area (Å²) in [7, 11) is 0. The van der Waals surface area contributed by atoms with Gasteiger partial charge in [0.25, 0.3) is 0 Å². The molecule has 37 heavy (non-hydrogen) atoms. The number of carbonyl (C=O) groups excluding carboxylic acids is 1. The maximum atomic E-state index is 11.9. The number of aliphatic hydroxyl groups excluding tert-OH is 2. The van der Waals surface area contributed by atoms with E-state index in [-0.39, 0.29) is 30.0 Å². The number of morpholine rings is 1. The van der Waals surface area contributed by atoms with Gasteiger partial charge in [-0.2, -0.15) is 0 Å². The summed E-state index contributed by atoms with van der Waals surface area (Å²) in [5.74, 6) is 6.03. The fourth-order valence-corrected chi connectivity index (χ4v) is 4.93. The van der Waals surface area contributed by atoms with Crippen molar-refractivity contribution in [3.8, 4) is 11.8 Å². The van der Waals surface area contributed by atoms with Crippen molar-refractivity contribution in [2.75, 3.05) is 45.9 Å². The van der Waals surface area contributed by atoms with Gasteiger partial charge in [0.2, 0.25) is 5.78 Å². The van der Waals surface area contributed by atoms with E-state index in [9.17, 15) is 15.0 Å². The van der Waals surface area contributed by atoms with Crippen LogP contribution in [-0.2, 0) is 16.1 Å². The quantitative estimate of drug-likeness (QED) is 0.570.